The monoisotopic (exact) mass is 365 g/mol. The molecule has 0 fully saturated rings. The lowest BCUT2D eigenvalue weighted by molar-refractivity contribution is 0.312. The average Bonchev–Trinajstić information content (AvgIpc) is 2.62. The number of ether oxygens (including phenoxy) is 2. The van der Waals surface area contributed by atoms with Crippen molar-refractivity contribution >= 4 is 10.0 Å². The molecule has 0 saturated heterocycles. The van der Waals surface area contributed by atoms with Gasteiger partial charge in [-0.3, -0.25) is 0 Å². The van der Waals surface area contributed by atoms with E-state index in [1.807, 2.05) is 24.3 Å². The molecule has 0 spiro atoms. The van der Waals surface area contributed by atoms with Crippen LogP contribution in [0.5, 0.6) is 11.5 Å². The predicted octanol–water partition coefficient (Wildman–Crippen LogP) is 2.03. The van der Waals surface area contributed by atoms with Crippen molar-refractivity contribution in [1.29, 1.82) is 0 Å². The van der Waals surface area contributed by atoms with Gasteiger partial charge in [0.2, 0.25) is 10.0 Å². The minimum Gasteiger partial charge on any atom is -0.497 e. The van der Waals surface area contributed by atoms with Crippen LogP contribution in [0.3, 0.4) is 0 Å². The van der Waals surface area contributed by atoms with E-state index in [1.165, 1.54) is 4.31 Å². The lowest BCUT2D eigenvalue weighted by atomic mass is 10.2. The van der Waals surface area contributed by atoms with E-state index < -0.39 is 16.6 Å². The first-order valence-corrected chi connectivity index (χ1v) is 9.44. The third-order valence-corrected chi connectivity index (χ3v) is 5.52. The summed E-state index contributed by atoms with van der Waals surface area (Å²) in [7, 11) is -0.419. The Balaban J connectivity index is 2.22. The molecule has 2 aromatic carbocycles. The van der Waals surface area contributed by atoms with Gasteiger partial charge in [-0.1, -0.05) is 24.3 Å². The maximum Gasteiger partial charge on any atom is 0.216 e. The molecule has 0 heterocycles. The molecule has 0 radical (unpaired) electrons. The highest BCUT2D eigenvalue weighted by Gasteiger charge is 2.22. The first-order valence-electron chi connectivity index (χ1n) is 7.83. The van der Waals surface area contributed by atoms with Gasteiger partial charge in [0, 0.05) is 13.1 Å². The molecule has 0 amide bonds. The molecule has 0 unspecified atom stereocenters. The fraction of sp³-hybridized carbons (Fsp3) is 0.333. The normalized spacial score (nSPS) is 11.5. The van der Waals surface area contributed by atoms with Gasteiger partial charge in [-0.25, -0.2) is 8.42 Å². The lowest BCUT2D eigenvalue weighted by Gasteiger charge is -2.22. The van der Waals surface area contributed by atoms with Gasteiger partial charge in [-0.2, -0.15) is 4.31 Å². The maximum atomic E-state index is 12.5. The highest BCUT2D eigenvalue weighted by atomic mass is 32.2. The van der Waals surface area contributed by atoms with Crippen molar-refractivity contribution in [1.82, 2.24) is 4.31 Å². The van der Waals surface area contributed by atoms with E-state index in [-0.39, 0.29) is 18.8 Å². The zero-order valence-corrected chi connectivity index (χ0v) is 15.2. The summed E-state index contributed by atoms with van der Waals surface area (Å²) in [6.45, 7) is 0.0285. The molecule has 136 valence electrons. The van der Waals surface area contributed by atoms with Gasteiger partial charge in [-0.05, 0) is 35.4 Å². The number of methoxy groups -OCH3 is 2. The van der Waals surface area contributed by atoms with Crippen molar-refractivity contribution in [3.63, 3.8) is 0 Å². The molecule has 6 nitrogen and oxygen atoms in total. The van der Waals surface area contributed by atoms with Crippen LogP contribution in [0.25, 0.3) is 0 Å². The highest BCUT2D eigenvalue weighted by Crippen LogP contribution is 2.19. The van der Waals surface area contributed by atoms with E-state index in [2.05, 4.69) is 0 Å². The lowest BCUT2D eigenvalue weighted by Crippen LogP contribution is -2.33. The quantitative estimate of drug-likeness (QED) is 0.736. The van der Waals surface area contributed by atoms with Crippen molar-refractivity contribution in [3.05, 3.63) is 59.7 Å². The third-order valence-electron chi connectivity index (χ3n) is 3.78. The number of aliphatic hydroxyl groups excluding tert-OH is 1. The number of hydrogen-bond acceptors (Lipinski definition) is 5. The molecule has 0 aromatic heterocycles. The van der Waals surface area contributed by atoms with Crippen LogP contribution < -0.4 is 9.47 Å². The molecule has 0 atom stereocenters. The number of rotatable bonds is 9. The summed E-state index contributed by atoms with van der Waals surface area (Å²) in [6, 6.07) is 14.5. The second kappa shape index (κ2) is 8.84. The highest BCUT2D eigenvalue weighted by molar-refractivity contribution is 7.89. The Kier molecular flexibility index (Phi) is 6.81. The van der Waals surface area contributed by atoms with Gasteiger partial charge in [0.25, 0.3) is 0 Å². The molecule has 0 aliphatic rings. The second-order valence-electron chi connectivity index (χ2n) is 5.50. The molecular weight excluding hydrogens is 342 g/mol. The van der Waals surface area contributed by atoms with Gasteiger partial charge in [0.05, 0.1) is 26.6 Å². The molecule has 0 saturated carbocycles. The van der Waals surface area contributed by atoms with E-state index in [1.54, 1.807) is 38.5 Å². The van der Waals surface area contributed by atoms with Crippen LogP contribution in [0.1, 0.15) is 11.1 Å². The van der Waals surface area contributed by atoms with Gasteiger partial charge in [-0.15, -0.1) is 0 Å². The van der Waals surface area contributed by atoms with E-state index in [0.717, 1.165) is 11.1 Å². The Labute approximate surface area is 148 Å². The second-order valence-corrected chi connectivity index (χ2v) is 7.59. The minimum absolute atomic E-state index is 0.221. The summed E-state index contributed by atoms with van der Waals surface area (Å²) in [5, 5.41) is 9.08. The van der Waals surface area contributed by atoms with Gasteiger partial charge in [0.15, 0.2) is 0 Å². The average molecular weight is 365 g/mol. The Bertz CT molecular complexity index is 708. The van der Waals surface area contributed by atoms with Crippen molar-refractivity contribution in [2.45, 2.75) is 13.1 Å². The number of sulfonamides is 1. The number of nitrogens with zero attached hydrogens (tertiary/aromatic N) is 1. The molecular formula is C18H23NO5S. The van der Waals surface area contributed by atoms with Crippen molar-refractivity contribution in [2.75, 3.05) is 26.6 Å². The zero-order chi connectivity index (χ0) is 18.3. The first kappa shape index (κ1) is 19.2. The number of aliphatic hydroxyl groups is 1. The van der Waals surface area contributed by atoms with E-state index in [4.69, 9.17) is 14.6 Å². The summed E-state index contributed by atoms with van der Waals surface area (Å²) >= 11 is 0. The third kappa shape index (κ3) is 5.45. The molecule has 2 aromatic rings. The molecule has 25 heavy (non-hydrogen) atoms. The Morgan fingerprint density at radius 3 is 1.56 bits per heavy atom. The van der Waals surface area contributed by atoms with Gasteiger partial charge < -0.3 is 14.6 Å². The molecule has 1 N–H and O–H groups in total. The van der Waals surface area contributed by atoms with Crippen LogP contribution in [0, 0.1) is 0 Å². The number of benzene rings is 2. The molecule has 0 bridgehead atoms. The van der Waals surface area contributed by atoms with Crippen LogP contribution in [-0.4, -0.2) is 44.4 Å². The Morgan fingerprint density at radius 1 is 0.840 bits per heavy atom. The van der Waals surface area contributed by atoms with Crippen LogP contribution in [0.15, 0.2) is 48.5 Å². The number of hydrogen-bond donors (Lipinski definition) is 1. The largest absolute Gasteiger partial charge is 0.497 e. The Hall–Kier alpha value is -2.09. The SMILES string of the molecule is COc1ccc(CN(Cc2ccc(OC)cc2)S(=O)(=O)CCO)cc1. The van der Waals surface area contributed by atoms with Crippen molar-refractivity contribution in [2.24, 2.45) is 0 Å². The summed E-state index contributed by atoms with van der Waals surface area (Å²) in [4.78, 5) is 0. The predicted molar refractivity (Wildman–Crippen MR) is 96.1 cm³/mol. The zero-order valence-electron chi connectivity index (χ0n) is 14.4. The summed E-state index contributed by atoms with van der Waals surface area (Å²) in [5.74, 6) is 1.12. The minimum atomic E-state index is -3.58. The van der Waals surface area contributed by atoms with Crippen LogP contribution in [0.2, 0.25) is 0 Å². The fourth-order valence-corrected chi connectivity index (χ4v) is 3.55. The standard InChI is InChI=1S/C18H23NO5S/c1-23-17-7-3-15(4-8-17)13-19(25(21,22)12-11-20)14-16-5-9-18(24-2)10-6-16/h3-10,20H,11-14H2,1-2H3. The Morgan fingerprint density at radius 2 is 1.24 bits per heavy atom. The van der Waals surface area contributed by atoms with Crippen LogP contribution in [-0.2, 0) is 23.1 Å². The molecule has 7 heteroatoms. The molecule has 2 rings (SSSR count). The smallest absolute Gasteiger partial charge is 0.216 e. The maximum absolute atomic E-state index is 12.5. The fourth-order valence-electron chi connectivity index (χ4n) is 2.37. The van der Waals surface area contributed by atoms with E-state index >= 15 is 0 Å². The van der Waals surface area contributed by atoms with Gasteiger partial charge >= 0.3 is 0 Å². The van der Waals surface area contributed by atoms with Crippen molar-refractivity contribution in [3.8, 4) is 11.5 Å². The summed E-state index contributed by atoms with van der Waals surface area (Å²) in [6.07, 6.45) is 0. The van der Waals surface area contributed by atoms with Crippen molar-refractivity contribution < 1.29 is 23.0 Å². The van der Waals surface area contributed by atoms with Gasteiger partial charge in [0.1, 0.15) is 11.5 Å². The topological polar surface area (TPSA) is 76.1 Å². The van der Waals surface area contributed by atoms with E-state index in [9.17, 15) is 8.42 Å². The molecule has 0 aliphatic heterocycles. The van der Waals surface area contributed by atoms with Crippen LogP contribution in [0.4, 0.5) is 0 Å². The first-order chi connectivity index (χ1) is 12.0. The molecule has 0 aliphatic carbocycles. The summed E-state index contributed by atoms with van der Waals surface area (Å²) in [5.41, 5.74) is 1.69. The summed E-state index contributed by atoms with van der Waals surface area (Å²) < 4.78 is 36.6. The van der Waals surface area contributed by atoms with Crippen LogP contribution >= 0.6 is 0 Å². The van der Waals surface area contributed by atoms with E-state index in [0.29, 0.717) is 11.5 Å².